The molecule has 1 aromatic carbocycles. The molecule has 1 saturated heterocycles. The summed E-state index contributed by atoms with van der Waals surface area (Å²) in [6, 6.07) is 14.3. The maximum Gasteiger partial charge on any atom is 0.410 e. The lowest BCUT2D eigenvalue weighted by molar-refractivity contribution is 0.00948. The highest BCUT2D eigenvalue weighted by atomic mass is 16.6. The first-order chi connectivity index (χ1) is 12.8. The standard InChI is InChI=1S/C22H29N3O2/c1-22(2,3)27-21(26)25-15-9-8-12-19(25)17-13-14-20(23-16-17)24(4)18-10-6-5-7-11-18/h5-7,10-11,13-14,16,19H,8-9,12,15H2,1-4H3/t19-/m1/s1. The number of aromatic nitrogens is 1. The van der Waals surface area contributed by atoms with Gasteiger partial charge in [-0.1, -0.05) is 24.3 Å². The SMILES string of the molecule is CN(c1ccccc1)c1ccc([C@H]2CCCCN2C(=O)OC(C)(C)C)cn1. The molecule has 2 heterocycles. The van der Waals surface area contributed by atoms with Crippen LogP contribution in [0.25, 0.3) is 0 Å². The number of pyridine rings is 1. The quantitative estimate of drug-likeness (QED) is 0.737. The first kappa shape index (κ1) is 19.2. The van der Waals surface area contributed by atoms with Gasteiger partial charge in [0.05, 0.1) is 6.04 Å². The molecule has 144 valence electrons. The second-order valence-electron chi connectivity index (χ2n) is 8.03. The maximum absolute atomic E-state index is 12.6. The second-order valence-corrected chi connectivity index (χ2v) is 8.03. The molecule has 27 heavy (non-hydrogen) atoms. The largest absolute Gasteiger partial charge is 0.444 e. The predicted molar refractivity (Wildman–Crippen MR) is 108 cm³/mol. The minimum absolute atomic E-state index is 0.0252. The highest BCUT2D eigenvalue weighted by molar-refractivity contribution is 5.69. The zero-order valence-corrected chi connectivity index (χ0v) is 16.7. The third-order valence-electron chi connectivity index (χ3n) is 4.77. The molecule has 0 bridgehead atoms. The molecule has 0 unspecified atom stereocenters. The van der Waals surface area contributed by atoms with Gasteiger partial charge in [0.1, 0.15) is 11.4 Å². The maximum atomic E-state index is 12.6. The molecule has 0 N–H and O–H groups in total. The Balaban J connectivity index is 1.77. The van der Waals surface area contributed by atoms with Crippen LogP contribution in [-0.2, 0) is 4.74 Å². The molecule has 1 aliphatic rings. The molecular weight excluding hydrogens is 338 g/mol. The van der Waals surface area contributed by atoms with E-state index < -0.39 is 5.60 Å². The van der Waals surface area contributed by atoms with Gasteiger partial charge in [-0.3, -0.25) is 0 Å². The Morgan fingerprint density at radius 3 is 2.52 bits per heavy atom. The molecule has 1 fully saturated rings. The lowest BCUT2D eigenvalue weighted by Gasteiger charge is -2.37. The summed E-state index contributed by atoms with van der Waals surface area (Å²) in [6.45, 7) is 6.43. The van der Waals surface area contributed by atoms with E-state index in [2.05, 4.69) is 28.1 Å². The number of carbonyl (C=O) groups excluding carboxylic acids is 1. The van der Waals surface area contributed by atoms with Crippen LogP contribution in [0, 0.1) is 0 Å². The molecule has 0 aliphatic carbocycles. The van der Waals surface area contributed by atoms with Gasteiger partial charge in [-0.05, 0) is 63.8 Å². The first-order valence-electron chi connectivity index (χ1n) is 9.59. The van der Waals surface area contributed by atoms with Crippen LogP contribution in [0.3, 0.4) is 0 Å². The zero-order chi connectivity index (χ0) is 19.4. The smallest absolute Gasteiger partial charge is 0.410 e. The number of likely N-dealkylation sites (tertiary alicyclic amines) is 1. The van der Waals surface area contributed by atoms with Crippen molar-refractivity contribution in [3.63, 3.8) is 0 Å². The summed E-state index contributed by atoms with van der Waals surface area (Å²) in [5, 5.41) is 0. The fourth-order valence-electron chi connectivity index (χ4n) is 3.39. The van der Waals surface area contributed by atoms with E-state index in [1.165, 1.54) is 0 Å². The Hall–Kier alpha value is -2.56. The lowest BCUT2D eigenvalue weighted by atomic mass is 9.97. The van der Waals surface area contributed by atoms with Gasteiger partial charge in [0, 0.05) is 25.5 Å². The van der Waals surface area contributed by atoms with Crippen LogP contribution in [-0.4, -0.2) is 35.2 Å². The molecule has 1 amide bonds. The van der Waals surface area contributed by atoms with Crippen LogP contribution in [0.1, 0.15) is 51.6 Å². The van der Waals surface area contributed by atoms with E-state index in [1.54, 1.807) is 0 Å². The Labute approximate surface area is 162 Å². The molecule has 1 aromatic heterocycles. The highest BCUT2D eigenvalue weighted by Crippen LogP contribution is 2.33. The number of ether oxygens (including phenoxy) is 1. The molecule has 0 saturated carbocycles. The van der Waals surface area contributed by atoms with Gasteiger partial charge in [-0.25, -0.2) is 9.78 Å². The Bertz CT molecular complexity index is 753. The van der Waals surface area contributed by atoms with Crippen molar-refractivity contribution in [3.8, 4) is 0 Å². The fourth-order valence-corrected chi connectivity index (χ4v) is 3.39. The van der Waals surface area contributed by atoms with Gasteiger partial charge in [0.2, 0.25) is 0 Å². The van der Waals surface area contributed by atoms with Crippen LogP contribution in [0.2, 0.25) is 0 Å². The summed E-state index contributed by atoms with van der Waals surface area (Å²) in [7, 11) is 2.00. The normalized spacial score (nSPS) is 17.5. The van der Waals surface area contributed by atoms with Gasteiger partial charge >= 0.3 is 6.09 Å². The van der Waals surface area contributed by atoms with E-state index in [0.29, 0.717) is 0 Å². The van der Waals surface area contributed by atoms with Gasteiger partial charge in [0.15, 0.2) is 0 Å². The molecule has 0 spiro atoms. The van der Waals surface area contributed by atoms with Crippen LogP contribution < -0.4 is 4.90 Å². The lowest BCUT2D eigenvalue weighted by Crippen LogP contribution is -2.41. The fraction of sp³-hybridized carbons (Fsp3) is 0.455. The number of carbonyl (C=O) groups is 1. The number of hydrogen-bond acceptors (Lipinski definition) is 4. The molecule has 5 nitrogen and oxygen atoms in total. The van der Waals surface area contributed by atoms with Crippen LogP contribution in [0.5, 0.6) is 0 Å². The number of piperidine rings is 1. The van der Waals surface area contributed by atoms with Gasteiger partial charge in [-0.15, -0.1) is 0 Å². The number of rotatable bonds is 3. The molecule has 2 aromatic rings. The number of nitrogens with zero attached hydrogens (tertiary/aromatic N) is 3. The summed E-state index contributed by atoms with van der Waals surface area (Å²) in [5.41, 5.74) is 1.66. The van der Waals surface area contributed by atoms with Crippen molar-refractivity contribution >= 4 is 17.6 Å². The molecule has 1 atom stereocenters. The Kier molecular flexibility index (Phi) is 5.68. The second kappa shape index (κ2) is 7.99. The minimum atomic E-state index is -0.487. The molecule has 5 heteroatoms. The van der Waals surface area contributed by atoms with Gasteiger partial charge < -0.3 is 14.5 Å². The van der Waals surface area contributed by atoms with Crippen molar-refractivity contribution in [2.45, 2.75) is 51.7 Å². The van der Waals surface area contributed by atoms with Crippen LogP contribution >= 0.6 is 0 Å². The summed E-state index contributed by atoms with van der Waals surface area (Å²) in [5.74, 6) is 0.879. The van der Waals surface area contributed by atoms with Crippen LogP contribution in [0.15, 0.2) is 48.7 Å². The monoisotopic (exact) mass is 367 g/mol. The highest BCUT2D eigenvalue weighted by Gasteiger charge is 2.31. The minimum Gasteiger partial charge on any atom is -0.444 e. The van der Waals surface area contributed by atoms with E-state index in [0.717, 1.165) is 42.9 Å². The summed E-state index contributed by atoms with van der Waals surface area (Å²) < 4.78 is 5.61. The molecule has 1 aliphatic heterocycles. The molecule has 3 rings (SSSR count). The predicted octanol–water partition coefficient (Wildman–Crippen LogP) is 5.31. The topological polar surface area (TPSA) is 45.7 Å². The van der Waals surface area contributed by atoms with Crippen molar-refractivity contribution in [2.75, 3.05) is 18.5 Å². The van der Waals surface area contributed by atoms with Gasteiger partial charge in [-0.2, -0.15) is 0 Å². The van der Waals surface area contributed by atoms with E-state index in [9.17, 15) is 4.79 Å². The Morgan fingerprint density at radius 1 is 1.15 bits per heavy atom. The van der Waals surface area contributed by atoms with Crippen molar-refractivity contribution in [3.05, 3.63) is 54.2 Å². The van der Waals surface area contributed by atoms with E-state index in [-0.39, 0.29) is 12.1 Å². The van der Waals surface area contributed by atoms with Crippen molar-refractivity contribution < 1.29 is 9.53 Å². The zero-order valence-electron chi connectivity index (χ0n) is 16.7. The summed E-state index contributed by atoms with van der Waals surface area (Å²) in [4.78, 5) is 21.2. The van der Waals surface area contributed by atoms with E-state index in [4.69, 9.17) is 4.74 Å². The summed E-state index contributed by atoms with van der Waals surface area (Å²) >= 11 is 0. The number of hydrogen-bond donors (Lipinski definition) is 0. The average molecular weight is 367 g/mol. The molecular formula is C22H29N3O2. The van der Waals surface area contributed by atoms with Crippen LogP contribution in [0.4, 0.5) is 16.3 Å². The van der Waals surface area contributed by atoms with Gasteiger partial charge in [0.25, 0.3) is 0 Å². The average Bonchev–Trinajstić information content (AvgIpc) is 2.67. The van der Waals surface area contributed by atoms with E-state index >= 15 is 0 Å². The van der Waals surface area contributed by atoms with Crippen molar-refractivity contribution in [1.29, 1.82) is 0 Å². The number of anilines is 2. The van der Waals surface area contributed by atoms with Crippen molar-refractivity contribution in [2.24, 2.45) is 0 Å². The number of benzene rings is 1. The van der Waals surface area contributed by atoms with E-state index in [1.807, 2.05) is 63.2 Å². The third kappa shape index (κ3) is 4.79. The van der Waals surface area contributed by atoms with Crippen molar-refractivity contribution in [1.82, 2.24) is 9.88 Å². The Morgan fingerprint density at radius 2 is 1.89 bits per heavy atom. The number of amides is 1. The molecule has 0 radical (unpaired) electrons. The first-order valence-corrected chi connectivity index (χ1v) is 9.59. The third-order valence-corrected chi connectivity index (χ3v) is 4.77. The number of para-hydroxylation sites is 1. The summed E-state index contributed by atoms with van der Waals surface area (Å²) in [6.07, 6.45) is 4.71.